The number of aryl methyl sites for hydroxylation is 3. The molecule has 1 aliphatic heterocycles. The van der Waals surface area contributed by atoms with Crippen molar-refractivity contribution in [1.29, 1.82) is 0 Å². The lowest BCUT2D eigenvalue weighted by atomic mass is 9.85. The minimum atomic E-state index is -0.647. The lowest BCUT2D eigenvalue weighted by Gasteiger charge is -2.26. The van der Waals surface area contributed by atoms with Gasteiger partial charge in [-0.3, -0.25) is 9.59 Å². The Morgan fingerprint density at radius 3 is 2.37 bits per heavy atom. The second-order valence-corrected chi connectivity index (χ2v) is 10.3. The molecule has 182 valence electrons. The zero-order chi connectivity index (χ0) is 25.3. The third kappa shape index (κ3) is 4.92. The molecule has 0 aliphatic carbocycles. The predicted molar refractivity (Wildman–Crippen MR) is 137 cm³/mol. The SMILES string of the molecule is Cc1ccc(C)c(/C(O)=C2\C(=O)C(=O)N(CCCn3ccnc3)C2c2ccc(C(C)(C)C)cc2)c1. The number of nitrogens with zero attached hydrogens (tertiary/aromatic N) is 3. The van der Waals surface area contributed by atoms with Crippen LogP contribution in [0.5, 0.6) is 0 Å². The van der Waals surface area contributed by atoms with Crippen molar-refractivity contribution in [2.24, 2.45) is 0 Å². The van der Waals surface area contributed by atoms with Crippen molar-refractivity contribution in [3.63, 3.8) is 0 Å². The Bertz CT molecular complexity index is 1270. The van der Waals surface area contributed by atoms with Gasteiger partial charge in [-0.15, -0.1) is 0 Å². The smallest absolute Gasteiger partial charge is 0.295 e. The number of amides is 1. The molecule has 1 unspecified atom stereocenters. The van der Waals surface area contributed by atoms with Gasteiger partial charge >= 0.3 is 0 Å². The van der Waals surface area contributed by atoms with Crippen molar-refractivity contribution in [2.45, 2.75) is 59.0 Å². The summed E-state index contributed by atoms with van der Waals surface area (Å²) < 4.78 is 1.94. The van der Waals surface area contributed by atoms with E-state index in [2.05, 4.69) is 25.8 Å². The molecule has 6 nitrogen and oxygen atoms in total. The van der Waals surface area contributed by atoms with Gasteiger partial charge in [-0.25, -0.2) is 4.98 Å². The molecule has 1 fully saturated rings. The van der Waals surface area contributed by atoms with Crippen LogP contribution in [0.25, 0.3) is 5.76 Å². The van der Waals surface area contributed by atoms with Crippen molar-refractivity contribution in [3.05, 3.63) is 94.6 Å². The molecule has 1 N–H and O–H groups in total. The van der Waals surface area contributed by atoms with Crippen molar-refractivity contribution >= 4 is 17.4 Å². The van der Waals surface area contributed by atoms with Crippen LogP contribution >= 0.6 is 0 Å². The van der Waals surface area contributed by atoms with E-state index in [1.807, 2.05) is 67.1 Å². The second kappa shape index (κ2) is 9.53. The van der Waals surface area contributed by atoms with E-state index >= 15 is 0 Å². The van der Waals surface area contributed by atoms with Gasteiger partial charge in [0.2, 0.25) is 0 Å². The molecule has 1 aromatic heterocycles. The van der Waals surface area contributed by atoms with Gasteiger partial charge < -0.3 is 14.6 Å². The predicted octanol–water partition coefficient (Wildman–Crippen LogP) is 5.31. The summed E-state index contributed by atoms with van der Waals surface area (Å²) in [6.07, 6.45) is 5.98. The van der Waals surface area contributed by atoms with E-state index < -0.39 is 17.7 Å². The average molecular weight is 472 g/mol. The van der Waals surface area contributed by atoms with Gasteiger partial charge in [-0.05, 0) is 48.4 Å². The number of hydrogen-bond donors (Lipinski definition) is 1. The Labute approximate surface area is 206 Å². The molecule has 4 rings (SSSR count). The Morgan fingerprint density at radius 1 is 1.03 bits per heavy atom. The van der Waals surface area contributed by atoms with E-state index in [0.29, 0.717) is 25.1 Å². The van der Waals surface area contributed by atoms with Crippen LogP contribution < -0.4 is 0 Å². The molecule has 6 heteroatoms. The lowest BCUT2D eigenvalue weighted by molar-refractivity contribution is -0.139. The molecule has 1 aliphatic rings. The number of ketones is 1. The van der Waals surface area contributed by atoms with Crippen LogP contribution in [0.15, 0.2) is 66.8 Å². The molecule has 0 bridgehead atoms. The van der Waals surface area contributed by atoms with Gasteiger partial charge in [0.05, 0.1) is 17.9 Å². The minimum Gasteiger partial charge on any atom is -0.507 e. The van der Waals surface area contributed by atoms with E-state index in [9.17, 15) is 14.7 Å². The number of hydrogen-bond acceptors (Lipinski definition) is 4. The van der Waals surface area contributed by atoms with Crippen LogP contribution in [-0.4, -0.2) is 37.8 Å². The molecular weight excluding hydrogens is 438 g/mol. The molecule has 35 heavy (non-hydrogen) atoms. The Hall–Kier alpha value is -3.67. The molecule has 2 aromatic carbocycles. The van der Waals surface area contributed by atoms with Crippen LogP contribution in [0.4, 0.5) is 0 Å². The van der Waals surface area contributed by atoms with Crippen molar-refractivity contribution in [1.82, 2.24) is 14.5 Å². The Morgan fingerprint density at radius 2 is 1.74 bits per heavy atom. The summed E-state index contributed by atoms with van der Waals surface area (Å²) in [5.74, 6) is -1.34. The summed E-state index contributed by atoms with van der Waals surface area (Å²) in [7, 11) is 0. The van der Waals surface area contributed by atoms with E-state index in [0.717, 1.165) is 22.3 Å². The van der Waals surface area contributed by atoms with Crippen molar-refractivity contribution < 1.29 is 14.7 Å². The number of carbonyl (C=O) groups is 2. The first-order valence-corrected chi connectivity index (χ1v) is 12.0. The number of rotatable bonds is 6. The maximum absolute atomic E-state index is 13.3. The van der Waals surface area contributed by atoms with Gasteiger partial charge in [-0.1, -0.05) is 62.7 Å². The minimum absolute atomic E-state index is 0.0240. The van der Waals surface area contributed by atoms with Crippen LogP contribution in [0.2, 0.25) is 0 Å². The average Bonchev–Trinajstić information content (AvgIpc) is 3.42. The largest absolute Gasteiger partial charge is 0.507 e. The van der Waals surface area contributed by atoms with Gasteiger partial charge in [0.25, 0.3) is 11.7 Å². The Balaban J connectivity index is 1.78. The molecule has 0 saturated carbocycles. The fraction of sp³-hybridized carbons (Fsp3) is 0.345. The molecule has 2 heterocycles. The molecule has 0 spiro atoms. The van der Waals surface area contributed by atoms with E-state index in [1.54, 1.807) is 17.4 Å². The molecule has 1 atom stereocenters. The standard InChI is InChI=1S/C29H33N3O3/c1-19-7-8-20(2)23(17-19)26(33)24-25(21-9-11-22(12-10-21)29(3,4)5)32(28(35)27(24)34)15-6-14-31-16-13-30-18-31/h7-13,16-18,25,33H,6,14-15H2,1-5H3/b26-24+. The number of aliphatic hydroxyl groups is 1. The van der Waals surface area contributed by atoms with E-state index in [-0.39, 0.29) is 16.7 Å². The number of imidazole rings is 1. The van der Waals surface area contributed by atoms with Crippen LogP contribution in [-0.2, 0) is 21.5 Å². The van der Waals surface area contributed by atoms with Gasteiger partial charge in [0.1, 0.15) is 5.76 Å². The number of carbonyl (C=O) groups excluding carboxylic acids is 2. The summed E-state index contributed by atoms with van der Waals surface area (Å²) in [5, 5.41) is 11.4. The molecule has 1 saturated heterocycles. The quantitative estimate of drug-likeness (QED) is 0.300. The number of aromatic nitrogens is 2. The van der Waals surface area contributed by atoms with Gasteiger partial charge in [-0.2, -0.15) is 0 Å². The van der Waals surface area contributed by atoms with Crippen LogP contribution in [0, 0.1) is 13.8 Å². The highest BCUT2D eigenvalue weighted by Gasteiger charge is 2.46. The lowest BCUT2D eigenvalue weighted by Crippen LogP contribution is -2.31. The van der Waals surface area contributed by atoms with Crippen molar-refractivity contribution in [2.75, 3.05) is 6.54 Å². The zero-order valence-electron chi connectivity index (χ0n) is 21.1. The first kappa shape index (κ1) is 24.5. The summed E-state index contributed by atoms with van der Waals surface area (Å²) >= 11 is 0. The third-order valence-corrected chi connectivity index (χ3v) is 6.66. The highest BCUT2D eigenvalue weighted by molar-refractivity contribution is 6.46. The van der Waals surface area contributed by atoms with Gasteiger partial charge in [0, 0.05) is 31.0 Å². The number of aliphatic hydroxyl groups excluding tert-OH is 1. The number of benzene rings is 2. The number of Topliss-reactive ketones (excluding diaryl/α,β-unsaturated/α-hetero) is 1. The summed E-state index contributed by atoms with van der Waals surface area (Å²) in [6.45, 7) is 11.3. The van der Waals surface area contributed by atoms with E-state index in [4.69, 9.17) is 0 Å². The van der Waals surface area contributed by atoms with Crippen LogP contribution in [0.3, 0.4) is 0 Å². The third-order valence-electron chi connectivity index (χ3n) is 6.66. The summed E-state index contributed by atoms with van der Waals surface area (Å²) in [6, 6.07) is 13.1. The highest BCUT2D eigenvalue weighted by atomic mass is 16.3. The Kier molecular flexibility index (Phi) is 6.66. The molecular formula is C29H33N3O3. The number of likely N-dealkylation sites (tertiary alicyclic amines) is 1. The maximum atomic E-state index is 13.3. The van der Waals surface area contributed by atoms with Crippen molar-refractivity contribution in [3.8, 4) is 0 Å². The monoisotopic (exact) mass is 471 g/mol. The normalized spacial score (nSPS) is 17.9. The summed E-state index contributed by atoms with van der Waals surface area (Å²) in [5.41, 5.74) is 4.50. The zero-order valence-corrected chi connectivity index (χ0v) is 21.1. The maximum Gasteiger partial charge on any atom is 0.295 e. The van der Waals surface area contributed by atoms with E-state index in [1.165, 1.54) is 0 Å². The molecule has 0 radical (unpaired) electrons. The first-order valence-electron chi connectivity index (χ1n) is 12.0. The fourth-order valence-electron chi connectivity index (χ4n) is 4.60. The highest BCUT2D eigenvalue weighted by Crippen LogP contribution is 2.40. The van der Waals surface area contributed by atoms with Gasteiger partial charge in [0.15, 0.2) is 0 Å². The fourth-order valence-corrected chi connectivity index (χ4v) is 4.60. The topological polar surface area (TPSA) is 75.4 Å². The first-order chi connectivity index (χ1) is 16.6. The second-order valence-electron chi connectivity index (χ2n) is 10.3. The summed E-state index contributed by atoms with van der Waals surface area (Å²) in [4.78, 5) is 32.2. The van der Waals surface area contributed by atoms with Crippen LogP contribution in [0.1, 0.15) is 61.1 Å². The molecule has 1 amide bonds. The molecule has 3 aromatic rings.